The predicted octanol–water partition coefficient (Wildman–Crippen LogP) is 2.60. The second kappa shape index (κ2) is 5.75. The third kappa shape index (κ3) is 3.07. The van der Waals surface area contributed by atoms with Crippen molar-refractivity contribution in [1.29, 1.82) is 0 Å². The third-order valence-electron chi connectivity index (χ3n) is 3.37. The number of rotatable bonds is 3. The van der Waals surface area contributed by atoms with Crippen molar-refractivity contribution in [2.45, 2.75) is 25.3 Å². The molecule has 1 aliphatic rings. The molecule has 2 N–H and O–H groups in total. The predicted molar refractivity (Wildman–Crippen MR) is 67.6 cm³/mol. The molecule has 0 radical (unpaired) electrons. The molecule has 0 spiro atoms. The smallest absolute Gasteiger partial charge is 0.306 e. The van der Waals surface area contributed by atoms with Crippen LogP contribution in [0.5, 0.6) is 0 Å². The van der Waals surface area contributed by atoms with Gasteiger partial charge in [0.25, 0.3) is 5.91 Å². The molecule has 7 heteroatoms. The topological polar surface area (TPSA) is 66.4 Å². The molecule has 0 saturated heterocycles. The highest BCUT2D eigenvalue weighted by atomic mass is 35.5. The number of halogens is 3. The molecule has 2 rings (SSSR count). The van der Waals surface area contributed by atoms with E-state index < -0.39 is 40.0 Å². The van der Waals surface area contributed by atoms with E-state index in [-0.39, 0.29) is 6.04 Å². The standard InChI is InChI=1S/C13H12ClF2NO3/c14-9-5-10(15)8(4-11(9)16)12(18)17-7-2-1-6(3-7)13(19)20/h4-7H,1-3H2,(H,17,18)(H,19,20). The number of carboxylic acid groups (broad SMARTS) is 1. The highest BCUT2D eigenvalue weighted by Crippen LogP contribution is 2.26. The van der Waals surface area contributed by atoms with Crippen molar-refractivity contribution in [2.75, 3.05) is 0 Å². The van der Waals surface area contributed by atoms with Crippen molar-refractivity contribution in [1.82, 2.24) is 5.32 Å². The first-order chi connectivity index (χ1) is 9.38. The molecule has 0 aromatic heterocycles. The van der Waals surface area contributed by atoms with E-state index in [0.717, 1.165) is 12.1 Å². The zero-order valence-corrected chi connectivity index (χ0v) is 11.1. The Kier molecular flexibility index (Phi) is 4.23. The van der Waals surface area contributed by atoms with Crippen LogP contribution in [0, 0.1) is 17.6 Å². The molecule has 1 aliphatic carbocycles. The minimum Gasteiger partial charge on any atom is -0.481 e. The molecular formula is C13H12ClF2NO3. The molecule has 1 fully saturated rings. The van der Waals surface area contributed by atoms with Gasteiger partial charge in [-0.05, 0) is 31.4 Å². The Morgan fingerprint density at radius 1 is 1.25 bits per heavy atom. The van der Waals surface area contributed by atoms with Crippen LogP contribution < -0.4 is 5.32 Å². The Morgan fingerprint density at radius 2 is 1.95 bits per heavy atom. The van der Waals surface area contributed by atoms with Crippen molar-refractivity contribution in [2.24, 2.45) is 5.92 Å². The van der Waals surface area contributed by atoms with Crippen molar-refractivity contribution in [3.63, 3.8) is 0 Å². The number of carbonyl (C=O) groups excluding carboxylic acids is 1. The van der Waals surface area contributed by atoms with E-state index in [0.29, 0.717) is 19.3 Å². The minimum absolute atomic E-state index is 0.290. The molecule has 2 atom stereocenters. The zero-order chi connectivity index (χ0) is 14.9. The number of aliphatic carboxylic acids is 1. The number of hydrogen-bond acceptors (Lipinski definition) is 2. The number of benzene rings is 1. The Hall–Kier alpha value is -1.69. The molecule has 1 amide bonds. The van der Waals surface area contributed by atoms with E-state index in [1.165, 1.54) is 0 Å². The molecular weight excluding hydrogens is 292 g/mol. The van der Waals surface area contributed by atoms with Gasteiger partial charge in [-0.2, -0.15) is 0 Å². The van der Waals surface area contributed by atoms with Crippen LogP contribution in [0.25, 0.3) is 0 Å². The van der Waals surface area contributed by atoms with E-state index in [2.05, 4.69) is 5.32 Å². The van der Waals surface area contributed by atoms with Gasteiger partial charge in [0.2, 0.25) is 0 Å². The fourth-order valence-electron chi connectivity index (χ4n) is 2.30. The molecule has 1 saturated carbocycles. The van der Waals surface area contributed by atoms with Gasteiger partial charge in [-0.3, -0.25) is 9.59 Å². The first-order valence-electron chi connectivity index (χ1n) is 6.06. The highest BCUT2D eigenvalue weighted by molar-refractivity contribution is 6.30. The van der Waals surface area contributed by atoms with Gasteiger partial charge in [-0.25, -0.2) is 8.78 Å². The fraction of sp³-hybridized carbons (Fsp3) is 0.385. The molecule has 0 bridgehead atoms. The Morgan fingerprint density at radius 3 is 2.55 bits per heavy atom. The first-order valence-corrected chi connectivity index (χ1v) is 6.44. The van der Waals surface area contributed by atoms with Crippen LogP contribution in [0.15, 0.2) is 12.1 Å². The van der Waals surface area contributed by atoms with Crippen LogP contribution >= 0.6 is 11.6 Å². The Bertz CT molecular complexity index is 565. The van der Waals surface area contributed by atoms with Gasteiger partial charge in [0, 0.05) is 6.04 Å². The van der Waals surface area contributed by atoms with Crippen LogP contribution in [0.2, 0.25) is 5.02 Å². The van der Waals surface area contributed by atoms with Gasteiger partial charge in [-0.15, -0.1) is 0 Å². The minimum atomic E-state index is -0.915. The lowest BCUT2D eigenvalue weighted by Crippen LogP contribution is -2.34. The normalized spacial score (nSPS) is 21.8. The number of nitrogens with one attached hydrogen (secondary N) is 1. The molecule has 20 heavy (non-hydrogen) atoms. The second-order valence-corrected chi connectivity index (χ2v) is 5.17. The average molecular weight is 304 g/mol. The summed E-state index contributed by atoms with van der Waals surface area (Å²) in [5.41, 5.74) is -0.439. The van der Waals surface area contributed by atoms with Crippen LogP contribution in [0.4, 0.5) is 8.78 Å². The zero-order valence-electron chi connectivity index (χ0n) is 10.3. The van der Waals surface area contributed by atoms with Crippen molar-refractivity contribution >= 4 is 23.5 Å². The number of hydrogen-bond donors (Lipinski definition) is 2. The number of carbonyl (C=O) groups is 2. The van der Waals surface area contributed by atoms with Crippen LogP contribution in [-0.4, -0.2) is 23.0 Å². The average Bonchev–Trinajstić information content (AvgIpc) is 2.82. The summed E-state index contributed by atoms with van der Waals surface area (Å²) in [6.45, 7) is 0. The Balaban J connectivity index is 2.06. The van der Waals surface area contributed by atoms with Crippen molar-refractivity contribution in [3.8, 4) is 0 Å². The van der Waals surface area contributed by atoms with Gasteiger partial charge in [-0.1, -0.05) is 11.6 Å². The SMILES string of the molecule is O=C(NC1CCC(C(=O)O)C1)c1cc(F)c(Cl)cc1F. The lowest BCUT2D eigenvalue weighted by Gasteiger charge is -2.13. The maximum atomic E-state index is 13.6. The van der Waals surface area contributed by atoms with Crippen molar-refractivity contribution < 1.29 is 23.5 Å². The summed E-state index contributed by atoms with van der Waals surface area (Å²) in [6.07, 6.45) is 1.25. The van der Waals surface area contributed by atoms with E-state index in [4.69, 9.17) is 16.7 Å². The van der Waals surface area contributed by atoms with E-state index in [9.17, 15) is 18.4 Å². The highest BCUT2D eigenvalue weighted by Gasteiger charge is 2.31. The monoisotopic (exact) mass is 303 g/mol. The summed E-state index contributed by atoms with van der Waals surface area (Å²) >= 11 is 5.40. The van der Waals surface area contributed by atoms with Crippen LogP contribution in [0.3, 0.4) is 0 Å². The van der Waals surface area contributed by atoms with Gasteiger partial charge in [0.1, 0.15) is 11.6 Å². The fourth-order valence-corrected chi connectivity index (χ4v) is 2.45. The maximum absolute atomic E-state index is 13.6. The lowest BCUT2D eigenvalue weighted by molar-refractivity contribution is -0.141. The van der Waals surface area contributed by atoms with Gasteiger partial charge >= 0.3 is 5.97 Å². The maximum Gasteiger partial charge on any atom is 0.306 e. The summed E-state index contributed by atoms with van der Waals surface area (Å²) in [5, 5.41) is 11.0. The van der Waals surface area contributed by atoms with E-state index >= 15 is 0 Å². The quantitative estimate of drug-likeness (QED) is 0.844. The van der Waals surface area contributed by atoms with Crippen molar-refractivity contribution in [3.05, 3.63) is 34.4 Å². The van der Waals surface area contributed by atoms with E-state index in [1.54, 1.807) is 0 Å². The Labute approximate surface area is 118 Å². The molecule has 108 valence electrons. The summed E-state index contributed by atoms with van der Waals surface area (Å²) in [7, 11) is 0. The number of carboxylic acids is 1. The van der Waals surface area contributed by atoms with Gasteiger partial charge in [0.05, 0.1) is 16.5 Å². The first kappa shape index (κ1) is 14.7. The van der Waals surface area contributed by atoms with Gasteiger partial charge in [0.15, 0.2) is 0 Å². The van der Waals surface area contributed by atoms with Crippen LogP contribution in [0.1, 0.15) is 29.6 Å². The van der Waals surface area contributed by atoms with E-state index in [1.807, 2.05) is 0 Å². The summed E-state index contributed by atoms with van der Waals surface area (Å²) in [5.74, 6) is -3.98. The summed E-state index contributed by atoms with van der Waals surface area (Å²) in [6, 6.07) is 1.12. The molecule has 1 aromatic carbocycles. The molecule has 1 aromatic rings. The molecule has 2 unspecified atom stereocenters. The molecule has 0 heterocycles. The van der Waals surface area contributed by atoms with Crippen LogP contribution in [-0.2, 0) is 4.79 Å². The number of amides is 1. The lowest BCUT2D eigenvalue weighted by atomic mass is 10.1. The summed E-state index contributed by atoms with van der Waals surface area (Å²) < 4.78 is 26.8. The molecule has 0 aliphatic heterocycles. The van der Waals surface area contributed by atoms with Gasteiger partial charge < -0.3 is 10.4 Å². The second-order valence-electron chi connectivity index (χ2n) is 4.76. The third-order valence-corrected chi connectivity index (χ3v) is 3.66. The molecule has 4 nitrogen and oxygen atoms in total. The summed E-state index contributed by atoms with van der Waals surface area (Å²) in [4.78, 5) is 22.7. The largest absolute Gasteiger partial charge is 0.481 e.